The Balaban J connectivity index is 1.41. The molecule has 2 aliphatic rings. The van der Waals surface area contributed by atoms with Gasteiger partial charge in [-0.05, 0) is 55.2 Å². The van der Waals surface area contributed by atoms with Gasteiger partial charge in [0.2, 0.25) is 17.7 Å². The minimum absolute atomic E-state index is 0.0540. The highest BCUT2D eigenvalue weighted by atomic mass is 16.5. The van der Waals surface area contributed by atoms with E-state index in [-0.39, 0.29) is 36.1 Å². The Morgan fingerprint density at radius 2 is 1.89 bits per heavy atom. The molecule has 2 aromatic rings. The summed E-state index contributed by atoms with van der Waals surface area (Å²) in [5.74, 6) is -0.408. The lowest BCUT2D eigenvalue weighted by Crippen LogP contribution is -2.43. The molecule has 9 heteroatoms. The molecular weight excluding hydrogens is 448 g/mol. The molecule has 2 aliphatic heterocycles. The maximum atomic E-state index is 13.3. The molecule has 4 rings (SSSR count). The van der Waals surface area contributed by atoms with Crippen molar-refractivity contribution in [1.82, 2.24) is 10.2 Å². The molecular formula is C26H30N4O5. The van der Waals surface area contributed by atoms with E-state index in [1.807, 2.05) is 18.2 Å². The first-order valence-corrected chi connectivity index (χ1v) is 11.8. The SMILES string of the molecule is COc1ccccc1NC(=O)C1CCCN(C(=O)c2ccc3c(c2)CCN3C(=O)CNC(C)=O)C1. The third kappa shape index (κ3) is 5.45. The Hall–Kier alpha value is -3.88. The Labute approximate surface area is 204 Å². The zero-order valence-electron chi connectivity index (χ0n) is 20.0. The average molecular weight is 479 g/mol. The minimum Gasteiger partial charge on any atom is -0.495 e. The van der Waals surface area contributed by atoms with Crippen LogP contribution in [0, 0.1) is 5.92 Å². The van der Waals surface area contributed by atoms with E-state index >= 15 is 0 Å². The van der Waals surface area contributed by atoms with Crippen LogP contribution < -0.4 is 20.3 Å². The maximum Gasteiger partial charge on any atom is 0.253 e. The normalized spacial score (nSPS) is 16.9. The predicted molar refractivity (Wildman–Crippen MR) is 131 cm³/mol. The Morgan fingerprint density at radius 1 is 1.09 bits per heavy atom. The molecule has 0 aliphatic carbocycles. The number of nitrogens with zero attached hydrogens (tertiary/aromatic N) is 2. The third-order valence-electron chi connectivity index (χ3n) is 6.46. The topological polar surface area (TPSA) is 108 Å². The maximum absolute atomic E-state index is 13.3. The second-order valence-electron chi connectivity index (χ2n) is 8.83. The van der Waals surface area contributed by atoms with Crippen molar-refractivity contribution in [1.29, 1.82) is 0 Å². The van der Waals surface area contributed by atoms with Crippen molar-refractivity contribution >= 4 is 35.0 Å². The summed E-state index contributed by atoms with van der Waals surface area (Å²) in [6.45, 7) is 2.77. The van der Waals surface area contributed by atoms with E-state index < -0.39 is 0 Å². The van der Waals surface area contributed by atoms with Gasteiger partial charge in [0.25, 0.3) is 5.91 Å². The van der Waals surface area contributed by atoms with Crippen molar-refractivity contribution in [3.8, 4) is 5.75 Å². The number of likely N-dealkylation sites (tertiary alicyclic amines) is 1. The molecule has 2 N–H and O–H groups in total. The Kier molecular flexibility index (Phi) is 7.33. The van der Waals surface area contributed by atoms with Gasteiger partial charge in [0.1, 0.15) is 5.75 Å². The molecule has 184 valence electrons. The average Bonchev–Trinajstić information content (AvgIpc) is 3.30. The number of carbonyl (C=O) groups is 4. The number of ether oxygens (including phenoxy) is 1. The van der Waals surface area contributed by atoms with Gasteiger partial charge in [-0.3, -0.25) is 19.2 Å². The first-order chi connectivity index (χ1) is 16.9. The highest BCUT2D eigenvalue weighted by molar-refractivity contribution is 6.00. The molecule has 2 heterocycles. The number of piperidine rings is 1. The van der Waals surface area contributed by atoms with Gasteiger partial charge >= 0.3 is 0 Å². The van der Waals surface area contributed by atoms with Crippen LogP contribution in [-0.2, 0) is 20.8 Å². The van der Waals surface area contributed by atoms with Gasteiger partial charge in [-0.1, -0.05) is 12.1 Å². The lowest BCUT2D eigenvalue weighted by molar-refractivity contribution is -0.123. The van der Waals surface area contributed by atoms with E-state index in [9.17, 15) is 19.2 Å². The van der Waals surface area contributed by atoms with Crippen LogP contribution in [0.25, 0.3) is 0 Å². The van der Waals surface area contributed by atoms with E-state index in [1.54, 1.807) is 41.2 Å². The van der Waals surface area contributed by atoms with Crippen LogP contribution in [0.2, 0.25) is 0 Å². The number of carbonyl (C=O) groups excluding carboxylic acids is 4. The van der Waals surface area contributed by atoms with Crippen LogP contribution >= 0.6 is 0 Å². The van der Waals surface area contributed by atoms with Crippen molar-refractivity contribution < 1.29 is 23.9 Å². The van der Waals surface area contributed by atoms with Crippen LogP contribution in [-0.4, -0.2) is 61.8 Å². The third-order valence-corrected chi connectivity index (χ3v) is 6.46. The number of hydrogen-bond acceptors (Lipinski definition) is 5. The van der Waals surface area contributed by atoms with Crippen LogP contribution in [0.4, 0.5) is 11.4 Å². The Morgan fingerprint density at radius 3 is 2.66 bits per heavy atom. The smallest absolute Gasteiger partial charge is 0.253 e. The summed E-state index contributed by atoms with van der Waals surface area (Å²) in [6.07, 6.45) is 2.10. The number of methoxy groups -OCH3 is 1. The van der Waals surface area contributed by atoms with Gasteiger partial charge in [0, 0.05) is 37.8 Å². The van der Waals surface area contributed by atoms with Gasteiger partial charge in [0.05, 0.1) is 25.3 Å². The fourth-order valence-corrected chi connectivity index (χ4v) is 4.63. The van der Waals surface area contributed by atoms with Crippen molar-refractivity contribution in [3.05, 3.63) is 53.6 Å². The van der Waals surface area contributed by atoms with Crippen molar-refractivity contribution in [2.75, 3.05) is 43.5 Å². The summed E-state index contributed by atoms with van der Waals surface area (Å²) in [5, 5.41) is 5.46. The lowest BCUT2D eigenvalue weighted by Gasteiger charge is -2.32. The number of benzene rings is 2. The molecule has 4 amide bonds. The van der Waals surface area contributed by atoms with Gasteiger partial charge in [-0.2, -0.15) is 0 Å². The van der Waals surface area contributed by atoms with Gasteiger partial charge in [0.15, 0.2) is 0 Å². The molecule has 0 aromatic heterocycles. The number of anilines is 2. The standard InChI is InChI=1S/C26H30N4O5/c1-17(31)27-15-24(32)30-13-11-18-14-19(9-10-22(18)30)26(34)29-12-5-6-20(16-29)25(33)28-21-7-3-4-8-23(21)35-2/h3-4,7-10,14,20H,5-6,11-13,15-16H2,1-2H3,(H,27,31)(H,28,33). The summed E-state index contributed by atoms with van der Waals surface area (Å²) >= 11 is 0. The van der Waals surface area contributed by atoms with Crippen LogP contribution in [0.1, 0.15) is 35.7 Å². The van der Waals surface area contributed by atoms with E-state index in [0.29, 0.717) is 49.5 Å². The van der Waals surface area contributed by atoms with Crippen LogP contribution in [0.5, 0.6) is 5.75 Å². The zero-order chi connectivity index (χ0) is 24.9. The fraction of sp³-hybridized carbons (Fsp3) is 0.385. The molecule has 0 spiro atoms. The molecule has 0 saturated carbocycles. The molecule has 9 nitrogen and oxygen atoms in total. The number of fused-ring (bicyclic) bond motifs is 1. The molecule has 0 radical (unpaired) electrons. The largest absolute Gasteiger partial charge is 0.495 e. The molecule has 2 aromatic carbocycles. The first kappa shape index (κ1) is 24.3. The number of para-hydroxylation sites is 2. The van der Waals surface area contributed by atoms with Crippen molar-refractivity contribution in [2.24, 2.45) is 5.92 Å². The summed E-state index contributed by atoms with van der Waals surface area (Å²) in [7, 11) is 1.56. The second-order valence-corrected chi connectivity index (χ2v) is 8.83. The highest BCUT2D eigenvalue weighted by Crippen LogP contribution is 2.30. The number of nitrogens with one attached hydrogen (secondary N) is 2. The molecule has 1 fully saturated rings. The summed E-state index contributed by atoms with van der Waals surface area (Å²) < 4.78 is 5.31. The van der Waals surface area contributed by atoms with Crippen LogP contribution in [0.15, 0.2) is 42.5 Å². The quantitative estimate of drug-likeness (QED) is 0.662. The minimum atomic E-state index is -0.311. The van der Waals surface area contributed by atoms with E-state index in [1.165, 1.54) is 6.92 Å². The predicted octanol–water partition coefficient (Wildman–Crippen LogP) is 2.21. The highest BCUT2D eigenvalue weighted by Gasteiger charge is 2.31. The molecule has 1 saturated heterocycles. The number of amides is 4. The molecule has 1 atom stereocenters. The number of rotatable bonds is 6. The summed E-state index contributed by atoms with van der Waals surface area (Å²) in [4.78, 5) is 53.1. The van der Waals surface area contributed by atoms with E-state index in [2.05, 4.69) is 10.6 Å². The van der Waals surface area contributed by atoms with Crippen LogP contribution in [0.3, 0.4) is 0 Å². The van der Waals surface area contributed by atoms with Gasteiger partial charge in [-0.15, -0.1) is 0 Å². The summed E-state index contributed by atoms with van der Waals surface area (Å²) in [5.41, 5.74) is 2.85. The molecule has 1 unspecified atom stereocenters. The monoisotopic (exact) mass is 478 g/mol. The first-order valence-electron chi connectivity index (χ1n) is 11.8. The van der Waals surface area contributed by atoms with Crippen molar-refractivity contribution in [3.63, 3.8) is 0 Å². The van der Waals surface area contributed by atoms with E-state index in [4.69, 9.17) is 4.74 Å². The lowest BCUT2D eigenvalue weighted by atomic mass is 9.96. The zero-order valence-corrected chi connectivity index (χ0v) is 20.0. The molecule has 35 heavy (non-hydrogen) atoms. The van der Waals surface area contributed by atoms with Gasteiger partial charge in [-0.25, -0.2) is 0 Å². The summed E-state index contributed by atoms with van der Waals surface area (Å²) in [6, 6.07) is 12.6. The van der Waals surface area contributed by atoms with E-state index in [0.717, 1.165) is 17.7 Å². The van der Waals surface area contributed by atoms with Crippen molar-refractivity contribution in [2.45, 2.75) is 26.2 Å². The second kappa shape index (κ2) is 10.6. The molecule has 0 bridgehead atoms. The Bertz CT molecular complexity index is 1150. The van der Waals surface area contributed by atoms with Gasteiger partial charge < -0.3 is 25.2 Å². The number of hydrogen-bond donors (Lipinski definition) is 2. The fourth-order valence-electron chi connectivity index (χ4n) is 4.63.